The molecule has 0 radical (unpaired) electrons. The van der Waals surface area contributed by atoms with Gasteiger partial charge >= 0.3 is 5.56 Å². The first-order valence-corrected chi connectivity index (χ1v) is 11.8. The highest BCUT2D eigenvalue weighted by Gasteiger charge is 2.26. The molecule has 0 aliphatic heterocycles. The number of ether oxygens (including phenoxy) is 2. The van der Waals surface area contributed by atoms with E-state index in [1.807, 2.05) is 48.7 Å². The van der Waals surface area contributed by atoms with Crippen molar-refractivity contribution in [3.8, 4) is 11.5 Å². The fourth-order valence-corrected chi connectivity index (χ4v) is 5.88. The molecule has 0 N–H and O–H groups in total. The first-order valence-electron chi connectivity index (χ1n) is 11.0. The average molecular weight is 468 g/mol. The van der Waals surface area contributed by atoms with Gasteiger partial charge in [0.15, 0.2) is 11.0 Å². The lowest BCUT2D eigenvalue weighted by Crippen LogP contribution is -2.29. The average Bonchev–Trinajstić information content (AvgIpc) is 3.14. The van der Waals surface area contributed by atoms with Crippen LogP contribution >= 0.6 is 11.8 Å². The molecule has 6 heteroatoms. The van der Waals surface area contributed by atoms with Gasteiger partial charge in [-0.15, -0.1) is 0 Å². The van der Waals surface area contributed by atoms with Gasteiger partial charge in [-0.25, -0.2) is 9.36 Å². The van der Waals surface area contributed by atoms with E-state index in [0.29, 0.717) is 0 Å². The van der Waals surface area contributed by atoms with Crippen LogP contribution in [0.25, 0.3) is 38.2 Å². The number of methoxy groups -OCH3 is 2. The normalized spacial score (nSPS) is 11.8. The number of hydrogen-bond donors (Lipinski definition) is 0. The minimum atomic E-state index is -0.00476. The number of aromatic nitrogens is 2. The largest absolute Gasteiger partial charge is 0.497 e. The van der Waals surface area contributed by atoms with Gasteiger partial charge in [0.2, 0.25) is 0 Å². The molecule has 0 aliphatic carbocycles. The third-order valence-corrected chi connectivity index (χ3v) is 7.67. The molecule has 4 aromatic carbocycles. The lowest BCUT2D eigenvalue weighted by atomic mass is 10.0. The first-order chi connectivity index (χ1) is 16.5. The molecule has 168 valence electrons. The number of rotatable bonds is 4. The van der Waals surface area contributed by atoms with Crippen molar-refractivity contribution in [3.63, 3.8) is 0 Å². The van der Waals surface area contributed by atoms with Crippen molar-refractivity contribution < 1.29 is 14.0 Å². The Morgan fingerprint density at radius 2 is 1.65 bits per heavy atom. The van der Waals surface area contributed by atoms with Crippen LogP contribution in [0.4, 0.5) is 0 Å². The fraction of sp³-hybridized carbons (Fsp3) is 0.143. The van der Waals surface area contributed by atoms with Gasteiger partial charge in [0, 0.05) is 21.2 Å². The van der Waals surface area contributed by atoms with Gasteiger partial charge in [-0.1, -0.05) is 23.9 Å². The number of pyridine rings is 1. The van der Waals surface area contributed by atoms with Crippen molar-refractivity contribution in [2.24, 2.45) is 7.05 Å². The molecule has 0 amide bonds. The lowest BCUT2D eigenvalue weighted by molar-refractivity contribution is -0.617. The Morgan fingerprint density at radius 1 is 0.882 bits per heavy atom. The highest BCUT2D eigenvalue weighted by molar-refractivity contribution is 7.99. The van der Waals surface area contributed by atoms with Crippen LogP contribution < -0.4 is 19.6 Å². The molecule has 0 bridgehead atoms. The van der Waals surface area contributed by atoms with Crippen LogP contribution in [0.3, 0.4) is 0 Å². The van der Waals surface area contributed by atoms with Gasteiger partial charge in [-0.3, -0.25) is 0 Å². The van der Waals surface area contributed by atoms with Gasteiger partial charge < -0.3 is 9.47 Å². The lowest BCUT2D eigenvalue weighted by Gasteiger charge is -2.10. The summed E-state index contributed by atoms with van der Waals surface area (Å²) in [6.45, 7) is 2.00. The molecular formula is C28H23N2O3S+. The summed E-state index contributed by atoms with van der Waals surface area (Å²) in [6.07, 6.45) is 0. The predicted octanol–water partition coefficient (Wildman–Crippen LogP) is 5.50. The van der Waals surface area contributed by atoms with E-state index in [1.165, 1.54) is 0 Å². The van der Waals surface area contributed by atoms with Crippen LogP contribution in [0.5, 0.6) is 11.5 Å². The maximum atomic E-state index is 13.8. The van der Waals surface area contributed by atoms with E-state index < -0.39 is 0 Å². The summed E-state index contributed by atoms with van der Waals surface area (Å²) in [5, 5.41) is 3.86. The second-order valence-corrected chi connectivity index (χ2v) is 9.57. The molecule has 34 heavy (non-hydrogen) atoms. The Bertz CT molecular complexity index is 1790. The van der Waals surface area contributed by atoms with Crippen LogP contribution in [-0.4, -0.2) is 18.6 Å². The molecule has 2 heterocycles. The van der Waals surface area contributed by atoms with E-state index in [1.54, 1.807) is 26.0 Å². The standard InChI is InChI=1S/C28H23N2O3S/c1-16-14-23-22(15-24(16)33-4)29(2)27-20-7-5-6-19-25(34-18-10-8-17(32-3)9-11-18)13-12-21(26(19)20)28(31)30(23)27/h5-15H,1-4H3/q+1. The van der Waals surface area contributed by atoms with Gasteiger partial charge in [0.1, 0.15) is 11.5 Å². The Balaban J connectivity index is 1.67. The summed E-state index contributed by atoms with van der Waals surface area (Å²) >= 11 is 1.69. The molecule has 0 aliphatic rings. The van der Waals surface area contributed by atoms with Gasteiger partial charge in [-0.05, 0) is 66.4 Å². The van der Waals surface area contributed by atoms with Crippen LogP contribution in [0, 0.1) is 6.92 Å². The third-order valence-electron chi connectivity index (χ3n) is 6.59. The Kier molecular flexibility index (Phi) is 4.67. The maximum Gasteiger partial charge on any atom is 0.347 e. The van der Waals surface area contributed by atoms with Crippen LogP contribution in [0.15, 0.2) is 81.3 Å². The molecule has 6 rings (SSSR count). The van der Waals surface area contributed by atoms with Crippen LogP contribution in [0.2, 0.25) is 0 Å². The molecular weight excluding hydrogens is 444 g/mol. The van der Waals surface area contributed by atoms with E-state index in [4.69, 9.17) is 9.47 Å². The van der Waals surface area contributed by atoms with E-state index in [0.717, 1.165) is 65.1 Å². The predicted molar refractivity (Wildman–Crippen MR) is 137 cm³/mol. The maximum absolute atomic E-state index is 13.8. The number of fused-ring (bicyclic) bond motifs is 4. The monoisotopic (exact) mass is 467 g/mol. The SMILES string of the molecule is COc1ccc(Sc2ccc3c(=O)n4c5cc(C)c(OC)cc5[n+](C)c4c4cccc2c34)cc1. The zero-order chi connectivity index (χ0) is 23.6. The van der Waals surface area contributed by atoms with E-state index in [9.17, 15) is 4.79 Å². The van der Waals surface area contributed by atoms with Gasteiger partial charge in [0.05, 0.1) is 32.0 Å². The van der Waals surface area contributed by atoms with Crippen molar-refractivity contribution in [1.82, 2.24) is 4.40 Å². The molecule has 0 saturated heterocycles. The van der Waals surface area contributed by atoms with Gasteiger partial charge in [0.25, 0.3) is 5.65 Å². The zero-order valence-electron chi connectivity index (χ0n) is 19.4. The minimum absolute atomic E-state index is 0.00476. The summed E-state index contributed by atoms with van der Waals surface area (Å²) in [7, 11) is 5.35. The van der Waals surface area contributed by atoms with Crippen molar-refractivity contribution in [2.45, 2.75) is 16.7 Å². The molecule has 0 saturated carbocycles. The Hall–Kier alpha value is -3.77. The molecule has 5 nitrogen and oxygen atoms in total. The summed E-state index contributed by atoms with van der Waals surface area (Å²) in [5.74, 6) is 1.64. The first kappa shape index (κ1) is 20.8. The van der Waals surface area contributed by atoms with E-state index in [-0.39, 0.29) is 5.56 Å². The number of hydrogen-bond acceptors (Lipinski definition) is 4. The Labute approximate surface area is 200 Å². The van der Waals surface area contributed by atoms with Crippen LogP contribution in [-0.2, 0) is 7.05 Å². The molecule has 0 atom stereocenters. The summed E-state index contributed by atoms with van der Waals surface area (Å²) in [4.78, 5) is 16.1. The van der Waals surface area contributed by atoms with E-state index >= 15 is 0 Å². The van der Waals surface area contributed by atoms with Crippen molar-refractivity contribution in [1.29, 1.82) is 0 Å². The number of aryl methyl sites for hydroxylation is 2. The van der Waals surface area contributed by atoms with Gasteiger partial charge in [-0.2, -0.15) is 4.40 Å². The minimum Gasteiger partial charge on any atom is -0.497 e. The molecule has 2 aromatic heterocycles. The Morgan fingerprint density at radius 3 is 2.38 bits per heavy atom. The molecule has 0 spiro atoms. The van der Waals surface area contributed by atoms with E-state index in [2.05, 4.69) is 41.0 Å². The van der Waals surface area contributed by atoms with Crippen molar-refractivity contribution in [3.05, 3.63) is 82.6 Å². The number of benzene rings is 4. The molecule has 0 fully saturated rings. The second kappa shape index (κ2) is 7.64. The quantitative estimate of drug-likeness (QED) is 0.321. The zero-order valence-corrected chi connectivity index (χ0v) is 20.2. The summed E-state index contributed by atoms with van der Waals surface area (Å²) in [5.41, 5.74) is 3.73. The second-order valence-electron chi connectivity index (χ2n) is 8.45. The molecule has 6 aromatic rings. The fourth-order valence-electron chi connectivity index (χ4n) is 4.94. The van der Waals surface area contributed by atoms with Crippen molar-refractivity contribution >= 4 is 50.0 Å². The van der Waals surface area contributed by atoms with Crippen LogP contribution in [0.1, 0.15) is 5.56 Å². The highest BCUT2D eigenvalue weighted by atomic mass is 32.2. The van der Waals surface area contributed by atoms with Crippen molar-refractivity contribution in [2.75, 3.05) is 14.2 Å². The topological polar surface area (TPSA) is 43.8 Å². The number of nitrogens with zero attached hydrogens (tertiary/aromatic N) is 2. The summed E-state index contributed by atoms with van der Waals surface area (Å²) < 4.78 is 14.8. The highest BCUT2D eigenvalue weighted by Crippen LogP contribution is 2.38. The summed E-state index contributed by atoms with van der Waals surface area (Å²) in [6, 6.07) is 22.4. The molecule has 0 unspecified atom stereocenters. The number of imidazole rings is 1. The smallest absolute Gasteiger partial charge is 0.347 e. The third kappa shape index (κ3) is 2.88.